The van der Waals surface area contributed by atoms with E-state index in [9.17, 15) is 9.59 Å². The van der Waals surface area contributed by atoms with E-state index in [1.54, 1.807) is 12.1 Å². The summed E-state index contributed by atoms with van der Waals surface area (Å²) in [5.74, 6) is 0.172. The van der Waals surface area contributed by atoms with E-state index in [0.29, 0.717) is 10.7 Å². The van der Waals surface area contributed by atoms with Crippen molar-refractivity contribution in [1.29, 1.82) is 0 Å². The van der Waals surface area contributed by atoms with Crippen LogP contribution in [-0.4, -0.2) is 21.9 Å². The van der Waals surface area contributed by atoms with Crippen molar-refractivity contribution in [3.8, 4) is 10.7 Å². The van der Waals surface area contributed by atoms with E-state index >= 15 is 0 Å². The van der Waals surface area contributed by atoms with Crippen molar-refractivity contribution in [1.82, 2.24) is 10.1 Å². The number of Topliss-reactive ketones (excluding diaryl/α,β-unsaturated/α-hetero) is 1. The van der Waals surface area contributed by atoms with Gasteiger partial charge in [0, 0.05) is 6.42 Å². The number of ether oxygens (including phenoxy) is 1. The van der Waals surface area contributed by atoms with E-state index in [2.05, 4.69) is 10.1 Å². The third-order valence-corrected chi connectivity index (χ3v) is 4.70. The normalized spacial score (nSPS) is 10.6. The van der Waals surface area contributed by atoms with Gasteiger partial charge in [0.2, 0.25) is 5.82 Å². The highest BCUT2D eigenvalue weighted by Crippen LogP contribution is 2.21. The first-order valence-corrected chi connectivity index (χ1v) is 8.57. The Morgan fingerprint density at radius 1 is 1.13 bits per heavy atom. The number of hydrogen-bond donors (Lipinski definition) is 0. The topological polar surface area (TPSA) is 82.3 Å². The van der Waals surface area contributed by atoms with Crippen molar-refractivity contribution >= 4 is 34.4 Å². The number of rotatable bonds is 7. The van der Waals surface area contributed by atoms with Crippen molar-refractivity contribution in [3.05, 3.63) is 45.8 Å². The SMILES string of the molecule is O=C(CCC(=O)c1cccs1)OCc1nc(-c2cccs2)no1. The number of nitrogens with zero attached hydrogens (tertiary/aromatic N) is 2. The zero-order valence-electron chi connectivity index (χ0n) is 11.9. The van der Waals surface area contributed by atoms with Crippen molar-refractivity contribution in [3.63, 3.8) is 0 Å². The second-order valence-corrected chi connectivity index (χ2v) is 6.45. The van der Waals surface area contributed by atoms with Gasteiger partial charge < -0.3 is 9.26 Å². The van der Waals surface area contributed by atoms with Crippen LogP contribution in [0.15, 0.2) is 39.5 Å². The maximum atomic E-state index is 11.8. The van der Waals surface area contributed by atoms with Crippen LogP contribution in [0.2, 0.25) is 0 Å². The van der Waals surface area contributed by atoms with Gasteiger partial charge in [0.1, 0.15) is 0 Å². The van der Waals surface area contributed by atoms with Gasteiger partial charge in [-0.1, -0.05) is 17.3 Å². The second-order valence-electron chi connectivity index (χ2n) is 4.55. The number of ketones is 1. The quantitative estimate of drug-likeness (QED) is 0.479. The molecule has 23 heavy (non-hydrogen) atoms. The molecule has 0 amide bonds. The van der Waals surface area contributed by atoms with Gasteiger partial charge in [0.15, 0.2) is 12.4 Å². The van der Waals surface area contributed by atoms with E-state index in [1.165, 1.54) is 22.7 Å². The molecular weight excluding hydrogens is 336 g/mol. The standard InChI is InChI=1S/C15H12N2O4S2/c18-10(11-3-1-7-22-11)5-6-14(19)20-9-13-16-15(17-21-13)12-4-2-8-23-12/h1-4,7-8H,5-6,9H2. The Hall–Kier alpha value is -2.32. The average Bonchev–Trinajstić information content (AvgIpc) is 3.32. The van der Waals surface area contributed by atoms with Crippen molar-refractivity contribution in [2.75, 3.05) is 0 Å². The second kappa shape index (κ2) is 7.30. The molecule has 0 N–H and O–H groups in total. The molecule has 0 aliphatic carbocycles. The molecule has 0 aliphatic heterocycles. The van der Waals surface area contributed by atoms with E-state index in [-0.39, 0.29) is 31.1 Å². The Morgan fingerprint density at radius 2 is 1.96 bits per heavy atom. The lowest BCUT2D eigenvalue weighted by molar-refractivity contribution is -0.145. The Bertz CT molecular complexity index is 778. The lowest BCUT2D eigenvalue weighted by atomic mass is 10.2. The molecule has 118 valence electrons. The smallest absolute Gasteiger partial charge is 0.306 e. The molecule has 6 nitrogen and oxygen atoms in total. The molecule has 3 aromatic heterocycles. The van der Waals surface area contributed by atoms with E-state index in [4.69, 9.17) is 9.26 Å². The third kappa shape index (κ3) is 4.11. The van der Waals surface area contributed by atoms with Crippen LogP contribution in [0.5, 0.6) is 0 Å². The summed E-state index contributed by atoms with van der Waals surface area (Å²) in [5, 5.41) is 7.56. The fraction of sp³-hybridized carbons (Fsp3) is 0.200. The minimum Gasteiger partial charge on any atom is -0.456 e. The van der Waals surface area contributed by atoms with Crippen LogP contribution < -0.4 is 0 Å². The average molecular weight is 348 g/mol. The maximum absolute atomic E-state index is 11.8. The fourth-order valence-corrected chi connectivity index (χ4v) is 3.15. The highest BCUT2D eigenvalue weighted by molar-refractivity contribution is 7.13. The molecule has 3 heterocycles. The first-order valence-electron chi connectivity index (χ1n) is 6.81. The molecular formula is C15H12N2O4S2. The molecule has 3 aromatic rings. The predicted molar refractivity (Wildman–Crippen MR) is 85.3 cm³/mol. The van der Waals surface area contributed by atoms with Crippen LogP contribution in [0.1, 0.15) is 28.4 Å². The van der Waals surface area contributed by atoms with Crippen LogP contribution in [0.4, 0.5) is 0 Å². The zero-order valence-corrected chi connectivity index (χ0v) is 13.6. The predicted octanol–water partition coefficient (Wildman–Crippen LogP) is 3.57. The molecule has 0 radical (unpaired) electrons. The first kappa shape index (κ1) is 15.6. The molecule has 0 aliphatic rings. The van der Waals surface area contributed by atoms with Crippen LogP contribution in [0.3, 0.4) is 0 Å². The number of aromatic nitrogens is 2. The van der Waals surface area contributed by atoms with E-state index in [1.807, 2.05) is 22.9 Å². The summed E-state index contributed by atoms with van der Waals surface area (Å²) < 4.78 is 10.1. The van der Waals surface area contributed by atoms with Gasteiger partial charge in [-0.15, -0.1) is 22.7 Å². The van der Waals surface area contributed by atoms with Gasteiger partial charge in [-0.05, 0) is 22.9 Å². The number of esters is 1. The van der Waals surface area contributed by atoms with Crippen molar-refractivity contribution in [2.45, 2.75) is 19.4 Å². The van der Waals surface area contributed by atoms with Crippen LogP contribution in [-0.2, 0) is 16.1 Å². The fourth-order valence-electron chi connectivity index (χ4n) is 1.81. The summed E-state index contributed by atoms with van der Waals surface area (Å²) in [4.78, 5) is 29.1. The van der Waals surface area contributed by atoms with Gasteiger partial charge in [0.05, 0.1) is 16.2 Å². The minimum atomic E-state index is -0.467. The molecule has 0 fully saturated rings. The first-order chi connectivity index (χ1) is 11.2. The van der Waals surface area contributed by atoms with Gasteiger partial charge in [0.25, 0.3) is 5.89 Å². The van der Waals surface area contributed by atoms with Crippen LogP contribution in [0.25, 0.3) is 10.7 Å². The summed E-state index contributed by atoms with van der Waals surface area (Å²) in [6, 6.07) is 7.31. The van der Waals surface area contributed by atoms with E-state index in [0.717, 1.165) is 4.88 Å². The molecule has 0 saturated carbocycles. The molecule has 0 aromatic carbocycles. The number of thiophene rings is 2. The van der Waals surface area contributed by atoms with Crippen molar-refractivity contribution in [2.24, 2.45) is 0 Å². The van der Waals surface area contributed by atoms with Gasteiger partial charge in [-0.2, -0.15) is 4.98 Å². The minimum absolute atomic E-state index is 0.0304. The Labute approximate surface area is 139 Å². The molecule has 0 saturated heterocycles. The molecule has 8 heteroatoms. The Kier molecular flexibility index (Phi) is 4.94. The zero-order chi connectivity index (χ0) is 16.1. The highest BCUT2D eigenvalue weighted by atomic mass is 32.1. The maximum Gasteiger partial charge on any atom is 0.306 e. The van der Waals surface area contributed by atoms with Gasteiger partial charge in [-0.3, -0.25) is 9.59 Å². The largest absolute Gasteiger partial charge is 0.456 e. The summed E-state index contributed by atoms with van der Waals surface area (Å²) in [5.41, 5.74) is 0. The lowest BCUT2D eigenvalue weighted by Crippen LogP contribution is -2.07. The van der Waals surface area contributed by atoms with E-state index < -0.39 is 5.97 Å². The molecule has 0 unspecified atom stereocenters. The monoisotopic (exact) mass is 348 g/mol. The Balaban J connectivity index is 1.45. The molecule has 0 bridgehead atoms. The summed E-state index contributed by atoms with van der Waals surface area (Å²) in [7, 11) is 0. The summed E-state index contributed by atoms with van der Waals surface area (Å²) in [6.07, 6.45) is 0.159. The number of hydrogen-bond acceptors (Lipinski definition) is 8. The number of carbonyl (C=O) groups excluding carboxylic acids is 2. The summed E-state index contributed by atoms with van der Waals surface area (Å²) >= 11 is 2.85. The van der Waals surface area contributed by atoms with Gasteiger partial charge in [-0.25, -0.2) is 0 Å². The van der Waals surface area contributed by atoms with Crippen molar-refractivity contribution < 1.29 is 18.8 Å². The molecule has 0 atom stereocenters. The highest BCUT2D eigenvalue weighted by Gasteiger charge is 2.14. The van der Waals surface area contributed by atoms with Crippen LogP contribution >= 0.6 is 22.7 Å². The Morgan fingerprint density at radius 3 is 2.70 bits per heavy atom. The molecule has 0 spiro atoms. The summed E-state index contributed by atoms with van der Waals surface area (Å²) in [6.45, 7) is -0.0929. The number of carbonyl (C=O) groups is 2. The van der Waals surface area contributed by atoms with Gasteiger partial charge >= 0.3 is 5.97 Å². The van der Waals surface area contributed by atoms with Crippen LogP contribution in [0, 0.1) is 0 Å². The third-order valence-electron chi connectivity index (χ3n) is 2.92. The molecule has 3 rings (SSSR count). The lowest BCUT2D eigenvalue weighted by Gasteiger charge is -2.00.